The van der Waals surface area contributed by atoms with Gasteiger partial charge in [0.25, 0.3) is 0 Å². The van der Waals surface area contributed by atoms with Crippen LogP contribution in [-0.2, 0) is 18.6 Å². The molecular weight excluding hydrogens is 348 g/mol. The Balaban J connectivity index is 1.88. The first-order chi connectivity index (χ1) is 12.1. The van der Waals surface area contributed by atoms with Gasteiger partial charge in [-0.2, -0.15) is 0 Å². The Kier molecular flexibility index (Phi) is 8.13. The summed E-state index contributed by atoms with van der Waals surface area (Å²) in [6.45, 7) is 15.4. The van der Waals surface area contributed by atoms with Crippen LogP contribution < -0.4 is 0 Å². The van der Waals surface area contributed by atoms with Crippen molar-refractivity contribution in [1.29, 1.82) is 0 Å². The minimum atomic E-state index is -1.73. The summed E-state index contributed by atoms with van der Waals surface area (Å²) in [4.78, 5) is 0. The molecule has 1 unspecified atom stereocenters. The van der Waals surface area contributed by atoms with Crippen molar-refractivity contribution in [2.45, 2.75) is 108 Å². The van der Waals surface area contributed by atoms with Crippen molar-refractivity contribution in [3.8, 4) is 0 Å². The molecule has 154 valence electrons. The maximum atomic E-state index is 10.00. The second-order valence-corrected chi connectivity index (χ2v) is 14.2. The first-order valence-electron chi connectivity index (χ1n) is 10.3. The van der Waals surface area contributed by atoms with Crippen LogP contribution >= 0.6 is 0 Å². The van der Waals surface area contributed by atoms with Gasteiger partial charge in [0.05, 0.1) is 24.4 Å². The summed E-state index contributed by atoms with van der Waals surface area (Å²) in [7, 11) is -1.73. The molecule has 0 radical (unpaired) electrons. The van der Waals surface area contributed by atoms with Crippen LogP contribution in [0.4, 0.5) is 0 Å². The number of rotatable bonds is 7. The lowest BCUT2D eigenvalue weighted by Gasteiger charge is -2.40. The van der Waals surface area contributed by atoms with Crippen LogP contribution in [0.3, 0.4) is 0 Å². The first kappa shape index (κ1) is 22.3. The van der Waals surface area contributed by atoms with Gasteiger partial charge >= 0.3 is 0 Å². The van der Waals surface area contributed by atoms with Crippen LogP contribution in [0, 0.1) is 0 Å². The average molecular weight is 389 g/mol. The third-order valence-electron chi connectivity index (χ3n) is 6.19. The summed E-state index contributed by atoms with van der Waals surface area (Å²) in [6, 6.07) is 0. The summed E-state index contributed by atoms with van der Waals surface area (Å²) >= 11 is 0. The molecule has 0 amide bonds. The van der Waals surface area contributed by atoms with E-state index in [-0.39, 0.29) is 29.5 Å². The molecular formula is C20H40O5Si. The molecule has 0 saturated carbocycles. The van der Waals surface area contributed by atoms with E-state index in [1.54, 1.807) is 6.92 Å². The van der Waals surface area contributed by atoms with Crippen LogP contribution in [-0.4, -0.2) is 63.8 Å². The van der Waals surface area contributed by atoms with E-state index in [9.17, 15) is 5.11 Å². The molecule has 2 aliphatic rings. The fourth-order valence-electron chi connectivity index (χ4n) is 3.48. The van der Waals surface area contributed by atoms with E-state index in [1.165, 1.54) is 0 Å². The monoisotopic (exact) mass is 388 g/mol. The number of hydrogen-bond acceptors (Lipinski definition) is 5. The molecule has 0 aliphatic carbocycles. The van der Waals surface area contributed by atoms with E-state index in [1.807, 2.05) is 0 Å². The zero-order valence-corrected chi connectivity index (χ0v) is 18.6. The van der Waals surface area contributed by atoms with Gasteiger partial charge in [-0.25, -0.2) is 0 Å². The Morgan fingerprint density at radius 2 is 1.69 bits per heavy atom. The second-order valence-electron chi connectivity index (χ2n) is 9.38. The van der Waals surface area contributed by atoms with Crippen molar-refractivity contribution in [2.75, 3.05) is 19.8 Å². The lowest BCUT2D eigenvalue weighted by molar-refractivity contribution is -0.195. The molecule has 2 fully saturated rings. The average Bonchev–Trinajstić information content (AvgIpc) is 2.55. The Morgan fingerprint density at radius 3 is 2.31 bits per heavy atom. The molecule has 0 spiro atoms. The quantitative estimate of drug-likeness (QED) is 0.671. The summed E-state index contributed by atoms with van der Waals surface area (Å²) in [6.07, 6.45) is 4.19. The molecule has 0 aromatic heterocycles. The number of aliphatic hydroxyl groups excluding tert-OH is 1. The van der Waals surface area contributed by atoms with E-state index in [4.69, 9.17) is 18.6 Å². The molecule has 2 saturated heterocycles. The van der Waals surface area contributed by atoms with E-state index in [0.29, 0.717) is 6.61 Å². The van der Waals surface area contributed by atoms with Gasteiger partial charge in [0.2, 0.25) is 0 Å². The van der Waals surface area contributed by atoms with Crippen molar-refractivity contribution in [2.24, 2.45) is 0 Å². The molecule has 0 aromatic rings. The van der Waals surface area contributed by atoms with Crippen molar-refractivity contribution in [1.82, 2.24) is 0 Å². The predicted molar refractivity (Wildman–Crippen MR) is 106 cm³/mol. The molecule has 0 bridgehead atoms. The maximum Gasteiger partial charge on any atom is 0.191 e. The fraction of sp³-hybridized carbons (Fsp3) is 1.00. The maximum absolute atomic E-state index is 10.00. The third kappa shape index (κ3) is 6.01. The van der Waals surface area contributed by atoms with Crippen LogP contribution in [0.2, 0.25) is 18.1 Å². The molecule has 5 atom stereocenters. The SMILES string of the molecule is CC(O)[C@H]1OCCC[C@@H]1O[C@@H]1CCCO[C@H]1CCO[Si](C)(C)C(C)(C)C. The third-order valence-corrected chi connectivity index (χ3v) is 10.7. The highest BCUT2D eigenvalue weighted by Crippen LogP contribution is 2.37. The fourth-order valence-corrected chi connectivity index (χ4v) is 4.54. The van der Waals surface area contributed by atoms with Crippen LogP contribution in [0.5, 0.6) is 0 Å². The van der Waals surface area contributed by atoms with Crippen LogP contribution in [0.25, 0.3) is 0 Å². The molecule has 6 heteroatoms. The molecule has 0 aromatic carbocycles. The highest BCUT2D eigenvalue weighted by atomic mass is 28.4. The zero-order valence-electron chi connectivity index (χ0n) is 17.6. The van der Waals surface area contributed by atoms with Crippen molar-refractivity contribution in [3.63, 3.8) is 0 Å². The molecule has 1 N–H and O–H groups in total. The van der Waals surface area contributed by atoms with Crippen LogP contribution in [0.1, 0.15) is 59.8 Å². The zero-order chi connectivity index (χ0) is 19.4. The lowest BCUT2D eigenvalue weighted by Crippen LogP contribution is -2.48. The normalized spacial score (nSPS) is 32.4. The Bertz CT molecular complexity index is 421. The molecule has 5 nitrogen and oxygen atoms in total. The van der Waals surface area contributed by atoms with Gasteiger partial charge in [0.1, 0.15) is 6.10 Å². The predicted octanol–water partition coefficient (Wildman–Crippen LogP) is 3.89. The summed E-state index contributed by atoms with van der Waals surface area (Å²) in [5, 5.41) is 10.2. The molecule has 2 aliphatic heterocycles. The van der Waals surface area contributed by atoms with Gasteiger partial charge in [-0.1, -0.05) is 20.8 Å². The molecule has 2 heterocycles. The van der Waals surface area contributed by atoms with E-state index in [0.717, 1.165) is 45.3 Å². The molecule has 26 heavy (non-hydrogen) atoms. The Hall–Kier alpha value is 0.0169. The lowest BCUT2D eigenvalue weighted by atomic mass is 9.98. The summed E-state index contributed by atoms with van der Waals surface area (Å²) in [5.41, 5.74) is 0. The van der Waals surface area contributed by atoms with Gasteiger partial charge in [-0.05, 0) is 57.2 Å². The number of ether oxygens (including phenoxy) is 3. The van der Waals surface area contributed by atoms with Gasteiger partial charge in [-0.3, -0.25) is 0 Å². The Labute approximate surface area is 160 Å². The van der Waals surface area contributed by atoms with E-state index in [2.05, 4.69) is 33.9 Å². The van der Waals surface area contributed by atoms with Crippen molar-refractivity contribution in [3.05, 3.63) is 0 Å². The minimum Gasteiger partial charge on any atom is -0.417 e. The van der Waals surface area contributed by atoms with Crippen molar-refractivity contribution >= 4 is 8.32 Å². The van der Waals surface area contributed by atoms with E-state index < -0.39 is 14.4 Å². The number of aliphatic hydroxyl groups is 1. The number of hydrogen-bond donors (Lipinski definition) is 1. The summed E-state index contributed by atoms with van der Waals surface area (Å²) < 4.78 is 24.5. The highest BCUT2D eigenvalue weighted by molar-refractivity contribution is 6.74. The first-order valence-corrected chi connectivity index (χ1v) is 13.2. The molecule has 2 rings (SSSR count). The topological polar surface area (TPSA) is 57.2 Å². The van der Waals surface area contributed by atoms with E-state index >= 15 is 0 Å². The van der Waals surface area contributed by atoms with Gasteiger partial charge in [0.15, 0.2) is 8.32 Å². The largest absolute Gasteiger partial charge is 0.417 e. The highest BCUT2D eigenvalue weighted by Gasteiger charge is 2.39. The van der Waals surface area contributed by atoms with Gasteiger partial charge in [-0.15, -0.1) is 0 Å². The van der Waals surface area contributed by atoms with Gasteiger partial charge < -0.3 is 23.7 Å². The van der Waals surface area contributed by atoms with Crippen LogP contribution in [0.15, 0.2) is 0 Å². The van der Waals surface area contributed by atoms with Gasteiger partial charge in [0, 0.05) is 19.8 Å². The minimum absolute atomic E-state index is 0.0424. The standard InChI is InChI=1S/C20H40O5Si/c1-15(21)19-18(10-8-13-23-19)25-17-9-7-12-22-16(17)11-14-24-26(5,6)20(2,3)4/h15-19,21H,7-14H2,1-6H3/t15?,16-,17+,18-,19+/m0/s1. The summed E-state index contributed by atoms with van der Waals surface area (Å²) in [5.74, 6) is 0. The second kappa shape index (κ2) is 9.48. The smallest absolute Gasteiger partial charge is 0.191 e. The van der Waals surface area contributed by atoms with Crippen molar-refractivity contribution < 1.29 is 23.7 Å². The Morgan fingerprint density at radius 1 is 1.08 bits per heavy atom.